The third-order valence-electron chi connectivity index (χ3n) is 6.75. The van der Waals surface area contributed by atoms with Crippen molar-refractivity contribution in [2.45, 2.75) is 46.1 Å². The Morgan fingerprint density at radius 3 is 2.56 bits per heavy atom. The van der Waals surface area contributed by atoms with Gasteiger partial charge in [0, 0.05) is 17.8 Å². The second-order valence-corrected chi connectivity index (χ2v) is 7.54. The lowest BCUT2D eigenvalue weighted by molar-refractivity contribution is -0.121. The van der Waals surface area contributed by atoms with Crippen LogP contribution in [-0.2, 0) is 4.79 Å². The molecule has 0 aliphatic heterocycles. The molecule has 0 heterocycles. The van der Waals surface area contributed by atoms with Crippen molar-refractivity contribution >= 4 is 5.78 Å². The van der Waals surface area contributed by atoms with Crippen LogP contribution in [0.5, 0.6) is 0 Å². The van der Waals surface area contributed by atoms with Crippen LogP contribution in [0.25, 0.3) is 0 Å². The van der Waals surface area contributed by atoms with Crippen molar-refractivity contribution in [3.63, 3.8) is 0 Å². The summed E-state index contributed by atoms with van der Waals surface area (Å²) in [4.78, 5) is 12.1. The van der Waals surface area contributed by atoms with E-state index in [2.05, 4.69) is 20.8 Å². The molecule has 2 heteroatoms. The highest BCUT2D eigenvalue weighted by Gasteiger charge is 2.92. The molecule has 0 aromatic heterocycles. The monoisotopic (exact) mass is 220 g/mol. The molecule has 0 amide bonds. The summed E-state index contributed by atoms with van der Waals surface area (Å²) < 4.78 is 0. The van der Waals surface area contributed by atoms with Gasteiger partial charge in [-0.3, -0.25) is 4.79 Å². The van der Waals surface area contributed by atoms with E-state index in [1.165, 1.54) is 6.42 Å². The van der Waals surface area contributed by atoms with Crippen LogP contribution in [0, 0.1) is 34.0 Å². The lowest BCUT2D eigenvalue weighted by Gasteiger charge is -2.29. The zero-order valence-corrected chi connectivity index (χ0v) is 10.3. The Labute approximate surface area is 96.4 Å². The number of hydrogen-bond acceptors (Lipinski definition) is 2. The molecule has 88 valence electrons. The summed E-state index contributed by atoms with van der Waals surface area (Å²) in [5.41, 5.74) is 0.182. The van der Waals surface area contributed by atoms with Gasteiger partial charge >= 0.3 is 0 Å². The van der Waals surface area contributed by atoms with E-state index in [-0.39, 0.29) is 28.3 Å². The molecule has 0 bridgehead atoms. The van der Waals surface area contributed by atoms with Crippen LogP contribution < -0.4 is 0 Å². The fraction of sp³-hybridized carbons (Fsp3) is 0.929. The molecular formula is C14H20O2. The van der Waals surface area contributed by atoms with E-state index in [0.29, 0.717) is 17.6 Å². The first-order valence-electron chi connectivity index (χ1n) is 6.57. The molecular weight excluding hydrogens is 200 g/mol. The van der Waals surface area contributed by atoms with Crippen molar-refractivity contribution in [1.82, 2.24) is 0 Å². The van der Waals surface area contributed by atoms with Gasteiger partial charge in [-0.2, -0.15) is 0 Å². The summed E-state index contributed by atoms with van der Waals surface area (Å²) in [6, 6.07) is 0. The first-order chi connectivity index (χ1) is 7.36. The summed E-state index contributed by atoms with van der Waals surface area (Å²) in [6.45, 7) is 6.61. The van der Waals surface area contributed by atoms with Crippen molar-refractivity contribution in [1.29, 1.82) is 0 Å². The zero-order valence-electron chi connectivity index (χ0n) is 10.3. The number of aliphatic hydroxyl groups excluding tert-OH is 1. The Morgan fingerprint density at radius 2 is 1.94 bits per heavy atom. The molecule has 0 aromatic rings. The number of ketones is 1. The fourth-order valence-corrected chi connectivity index (χ4v) is 6.32. The molecule has 0 unspecified atom stereocenters. The summed E-state index contributed by atoms with van der Waals surface area (Å²) in [6.07, 6.45) is 2.85. The lowest BCUT2D eigenvalue weighted by Crippen LogP contribution is -2.34. The van der Waals surface area contributed by atoms with Gasteiger partial charge in [0.25, 0.3) is 0 Å². The number of carbonyl (C=O) groups excluding carboxylic acids is 1. The molecule has 4 saturated carbocycles. The molecule has 0 radical (unpaired) electrons. The molecule has 1 N–H and O–H groups in total. The number of rotatable bonds is 0. The summed E-state index contributed by atoms with van der Waals surface area (Å²) in [7, 11) is 0. The minimum absolute atomic E-state index is 0.00347. The normalized spacial score (nSPS) is 64.6. The molecule has 4 aliphatic carbocycles. The van der Waals surface area contributed by atoms with Crippen LogP contribution in [0.3, 0.4) is 0 Å². The first-order valence-corrected chi connectivity index (χ1v) is 6.57. The molecule has 16 heavy (non-hydrogen) atoms. The maximum Gasteiger partial charge on any atom is 0.137 e. The molecule has 4 fully saturated rings. The van der Waals surface area contributed by atoms with Gasteiger partial charge in [0.1, 0.15) is 5.78 Å². The Hall–Kier alpha value is -0.370. The zero-order chi connectivity index (χ0) is 11.5. The maximum absolute atomic E-state index is 12.1. The van der Waals surface area contributed by atoms with Crippen molar-refractivity contribution < 1.29 is 9.90 Å². The van der Waals surface area contributed by atoms with E-state index in [0.717, 1.165) is 12.8 Å². The predicted octanol–water partition coefficient (Wildman–Crippen LogP) is 2.01. The Bertz CT molecular complexity index is 413. The van der Waals surface area contributed by atoms with Crippen molar-refractivity contribution in [3.8, 4) is 0 Å². The van der Waals surface area contributed by atoms with E-state index in [4.69, 9.17) is 0 Å². The molecule has 0 saturated heterocycles. The number of hydrogen-bond donors (Lipinski definition) is 1. The van der Waals surface area contributed by atoms with Gasteiger partial charge in [-0.05, 0) is 35.5 Å². The minimum atomic E-state index is -0.255. The van der Waals surface area contributed by atoms with E-state index in [9.17, 15) is 9.90 Å². The molecule has 4 aliphatic rings. The summed E-state index contributed by atoms with van der Waals surface area (Å²) >= 11 is 0. The second-order valence-electron chi connectivity index (χ2n) is 7.54. The third kappa shape index (κ3) is 0.611. The Morgan fingerprint density at radius 1 is 1.25 bits per heavy atom. The lowest BCUT2D eigenvalue weighted by atomic mass is 9.79. The smallest absolute Gasteiger partial charge is 0.137 e. The van der Waals surface area contributed by atoms with Gasteiger partial charge in [0.2, 0.25) is 0 Å². The van der Waals surface area contributed by atoms with Crippen molar-refractivity contribution in [2.75, 3.05) is 0 Å². The van der Waals surface area contributed by atoms with Gasteiger partial charge < -0.3 is 5.11 Å². The van der Waals surface area contributed by atoms with Gasteiger partial charge in [-0.25, -0.2) is 0 Å². The Kier molecular flexibility index (Phi) is 1.29. The van der Waals surface area contributed by atoms with E-state index in [1.54, 1.807) is 0 Å². The number of aliphatic hydroxyl groups is 1. The molecule has 4 rings (SSSR count). The van der Waals surface area contributed by atoms with Crippen LogP contribution in [0.15, 0.2) is 0 Å². The van der Waals surface area contributed by atoms with Crippen LogP contribution in [0.4, 0.5) is 0 Å². The number of carbonyl (C=O) groups is 1. The van der Waals surface area contributed by atoms with Crippen LogP contribution in [-0.4, -0.2) is 17.0 Å². The summed E-state index contributed by atoms with van der Waals surface area (Å²) in [5.74, 6) is 1.86. The molecule has 1 spiro atoms. The average Bonchev–Trinajstić information content (AvgIpc) is 2.52. The Balaban J connectivity index is 1.89. The van der Waals surface area contributed by atoms with Crippen LogP contribution in [0.1, 0.15) is 40.0 Å². The highest BCUT2D eigenvalue weighted by molar-refractivity contribution is 5.91. The van der Waals surface area contributed by atoms with E-state index >= 15 is 0 Å². The van der Waals surface area contributed by atoms with Crippen molar-refractivity contribution in [3.05, 3.63) is 0 Å². The standard InChI is InChI=1S/C14H20O2/c1-12(2)6-8-4-7-5-9(15)10-13(7,3)14(8,10)11(12)16/h7-8,10-11,16H,4-6H2,1-3H3/t7-,8-,10-,11-,13-,14+/m1/s1. The topological polar surface area (TPSA) is 37.3 Å². The highest BCUT2D eigenvalue weighted by atomic mass is 16.3. The predicted molar refractivity (Wildman–Crippen MR) is 59.7 cm³/mol. The fourth-order valence-electron chi connectivity index (χ4n) is 6.32. The average molecular weight is 220 g/mol. The van der Waals surface area contributed by atoms with Gasteiger partial charge in [-0.15, -0.1) is 0 Å². The molecule has 2 nitrogen and oxygen atoms in total. The maximum atomic E-state index is 12.1. The van der Waals surface area contributed by atoms with Gasteiger partial charge in [-0.1, -0.05) is 20.8 Å². The quantitative estimate of drug-likeness (QED) is 0.678. The van der Waals surface area contributed by atoms with Crippen LogP contribution in [0.2, 0.25) is 0 Å². The van der Waals surface area contributed by atoms with Gasteiger partial charge in [0.05, 0.1) is 6.10 Å². The highest BCUT2D eigenvalue weighted by Crippen LogP contribution is 2.91. The largest absolute Gasteiger partial charge is 0.392 e. The molecule has 6 atom stereocenters. The van der Waals surface area contributed by atoms with Crippen molar-refractivity contribution in [2.24, 2.45) is 34.0 Å². The van der Waals surface area contributed by atoms with Gasteiger partial charge in [0.15, 0.2) is 0 Å². The molecule has 0 aromatic carbocycles. The summed E-state index contributed by atoms with van der Waals surface area (Å²) in [5, 5.41) is 10.7. The third-order valence-corrected chi connectivity index (χ3v) is 6.75. The number of Topliss-reactive ketones (excluding diaryl/α,β-unsaturated/α-hetero) is 1. The SMILES string of the molecule is CC1(C)C[C@H]2C[C@@H]3CC(=O)[C@@H]4[C@]3(C)[C@@]24[C@@H]1O. The van der Waals surface area contributed by atoms with E-state index in [1.807, 2.05) is 0 Å². The minimum Gasteiger partial charge on any atom is -0.392 e. The first kappa shape index (κ1) is 9.64. The van der Waals surface area contributed by atoms with E-state index < -0.39 is 0 Å². The van der Waals surface area contributed by atoms with Crippen LogP contribution >= 0.6 is 0 Å². The second kappa shape index (κ2) is 2.14.